The number of nitrogens with zero attached hydrogens (tertiary/aromatic N) is 2. The lowest BCUT2D eigenvalue weighted by Crippen LogP contribution is -2.42. The van der Waals surface area contributed by atoms with Gasteiger partial charge in [-0.1, -0.05) is 6.92 Å². The summed E-state index contributed by atoms with van der Waals surface area (Å²) in [5.74, 6) is -0.251. The Hall–Kier alpha value is -1.97. The predicted octanol–water partition coefficient (Wildman–Crippen LogP) is -0.126. The van der Waals surface area contributed by atoms with E-state index < -0.39 is 30.1 Å². The molecule has 1 heterocycles. The van der Waals surface area contributed by atoms with Gasteiger partial charge in [-0.15, -0.1) is 0 Å². The summed E-state index contributed by atoms with van der Waals surface area (Å²) >= 11 is 0. The van der Waals surface area contributed by atoms with Crippen LogP contribution in [-0.2, 0) is 13.6 Å². The molecule has 4 N–H and O–H groups in total. The Kier molecular flexibility index (Phi) is 5.05. The van der Waals surface area contributed by atoms with Crippen LogP contribution in [0.5, 0.6) is 0 Å². The third-order valence-corrected chi connectivity index (χ3v) is 2.88. The SMILES string of the molecule is CCCn1c(N)c(NCC(O)C(F)(F)F)c(=O)n(C)c1=O. The van der Waals surface area contributed by atoms with Gasteiger partial charge in [0.25, 0.3) is 5.56 Å². The fourth-order valence-electron chi connectivity index (χ4n) is 1.70. The van der Waals surface area contributed by atoms with Crippen LogP contribution in [0.25, 0.3) is 0 Å². The summed E-state index contributed by atoms with van der Waals surface area (Å²) in [7, 11) is 1.20. The van der Waals surface area contributed by atoms with Gasteiger partial charge in [0, 0.05) is 13.6 Å². The lowest BCUT2D eigenvalue weighted by molar-refractivity contribution is -0.198. The molecule has 1 rings (SSSR count). The van der Waals surface area contributed by atoms with E-state index in [-0.39, 0.29) is 18.1 Å². The Morgan fingerprint density at radius 3 is 2.43 bits per heavy atom. The highest BCUT2D eigenvalue weighted by molar-refractivity contribution is 5.60. The molecule has 0 aliphatic carbocycles. The molecule has 1 unspecified atom stereocenters. The molecule has 7 nitrogen and oxygen atoms in total. The topological polar surface area (TPSA) is 102 Å². The molecule has 0 bridgehead atoms. The number of rotatable bonds is 5. The summed E-state index contributed by atoms with van der Waals surface area (Å²) < 4.78 is 38.5. The lowest BCUT2D eigenvalue weighted by atomic mass is 10.3. The number of alkyl halides is 3. The van der Waals surface area contributed by atoms with Crippen LogP contribution >= 0.6 is 0 Å². The van der Waals surface area contributed by atoms with Gasteiger partial charge in [-0.3, -0.25) is 13.9 Å². The number of halogens is 3. The lowest BCUT2D eigenvalue weighted by Gasteiger charge is -2.18. The van der Waals surface area contributed by atoms with Crippen molar-refractivity contribution in [3.8, 4) is 0 Å². The van der Waals surface area contributed by atoms with Crippen LogP contribution in [0.1, 0.15) is 13.3 Å². The molecule has 0 fully saturated rings. The van der Waals surface area contributed by atoms with E-state index in [9.17, 15) is 22.8 Å². The number of aromatic nitrogens is 2. The molecule has 1 atom stereocenters. The second kappa shape index (κ2) is 6.20. The average molecular weight is 310 g/mol. The third kappa shape index (κ3) is 3.57. The minimum atomic E-state index is -4.81. The summed E-state index contributed by atoms with van der Waals surface area (Å²) in [6.45, 7) is 1.06. The van der Waals surface area contributed by atoms with Crippen molar-refractivity contribution in [2.45, 2.75) is 32.2 Å². The molecular weight excluding hydrogens is 293 g/mol. The molecule has 0 radical (unpaired) electrons. The van der Waals surface area contributed by atoms with Gasteiger partial charge < -0.3 is 16.2 Å². The first-order valence-corrected chi connectivity index (χ1v) is 6.19. The Balaban J connectivity index is 3.19. The van der Waals surface area contributed by atoms with Crippen molar-refractivity contribution in [1.29, 1.82) is 0 Å². The summed E-state index contributed by atoms with van der Waals surface area (Å²) in [6.07, 6.45) is -6.91. The Bertz CT molecular complexity index is 621. The van der Waals surface area contributed by atoms with Crippen LogP contribution in [-0.4, -0.2) is 33.1 Å². The number of aliphatic hydroxyl groups is 1. The van der Waals surface area contributed by atoms with E-state index in [0.717, 1.165) is 9.13 Å². The van der Waals surface area contributed by atoms with Crippen molar-refractivity contribution in [3.05, 3.63) is 20.8 Å². The number of hydrogen-bond donors (Lipinski definition) is 3. The molecule has 0 aromatic carbocycles. The largest absolute Gasteiger partial charge is 0.416 e. The zero-order valence-corrected chi connectivity index (χ0v) is 11.6. The number of hydrogen-bond acceptors (Lipinski definition) is 5. The van der Waals surface area contributed by atoms with Gasteiger partial charge in [0.05, 0.1) is 6.54 Å². The second-order valence-electron chi connectivity index (χ2n) is 4.50. The maximum Gasteiger partial charge on any atom is 0.416 e. The van der Waals surface area contributed by atoms with Crippen LogP contribution in [0.4, 0.5) is 24.7 Å². The highest BCUT2D eigenvalue weighted by Gasteiger charge is 2.38. The molecule has 21 heavy (non-hydrogen) atoms. The van der Waals surface area contributed by atoms with Gasteiger partial charge in [-0.25, -0.2) is 4.79 Å². The van der Waals surface area contributed by atoms with E-state index in [1.807, 2.05) is 0 Å². The Labute approximate surface area is 117 Å². The smallest absolute Gasteiger partial charge is 0.383 e. The molecule has 10 heteroatoms. The first-order chi connectivity index (χ1) is 9.61. The monoisotopic (exact) mass is 310 g/mol. The number of anilines is 2. The van der Waals surface area contributed by atoms with Crippen LogP contribution < -0.4 is 22.3 Å². The standard InChI is InChI=1S/C11H17F3N4O3/c1-3-4-18-8(15)7(9(20)17(2)10(18)21)16-5-6(19)11(12,13)14/h6,16,19H,3-5,15H2,1-2H3. The van der Waals surface area contributed by atoms with Gasteiger partial charge in [0.15, 0.2) is 6.10 Å². The molecule has 0 aliphatic rings. The van der Waals surface area contributed by atoms with E-state index in [1.54, 1.807) is 6.92 Å². The summed E-state index contributed by atoms with van der Waals surface area (Å²) in [6, 6.07) is 0. The van der Waals surface area contributed by atoms with Crippen LogP contribution in [0.3, 0.4) is 0 Å². The fourth-order valence-corrected chi connectivity index (χ4v) is 1.70. The highest BCUT2D eigenvalue weighted by atomic mass is 19.4. The zero-order chi connectivity index (χ0) is 16.4. The fraction of sp³-hybridized carbons (Fsp3) is 0.636. The normalized spacial score (nSPS) is 13.2. The maximum absolute atomic E-state index is 12.2. The Morgan fingerprint density at radius 1 is 1.38 bits per heavy atom. The van der Waals surface area contributed by atoms with Crippen LogP contribution in [0, 0.1) is 0 Å². The van der Waals surface area contributed by atoms with Crippen molar-refractivity contribution in [2.75, 3.05) is 17.6 Å². The number of nitrogens with one attached hydrogen (secondary N) is 1. The van der Waals surface area contributed by atoms with Crippen molar-refractivity contribution in [2.24, 2.45) is 7.05 Å². The molecule has 1 aromatic heterocycles. The quantitative estimate of drug-likeness (QED) is 0.703. The molecule has 0 saturated heterocycles. The Morgan fingerprint density at radius 2 is 1.95 bits per heavy atom. The van der Waals surface area contributed by atoms with E-state index in [4.69, 9.17) is 10.8 Å². The molecule has 0 spiro atoms. The van der Waals surface area contributed by atoms with Crippen molar-refractivity contribution in [1.82, 2.24) is 9.13 Å². The predicted molar refractivity (Wildman–Crippen MR) is 71.2 cm³/mol. The first-order valence-electron chi connectivity index (χ1n) is 6.19. The van der Waals surface area contributed by atoms with Crippen molar-refractivity contribution >= 4 is 11.5 Å². The third-order valence-electron chi connectivity index (χ3n) is 2.88. The van der Waals surface area contributed by atoms with Crippen LogP contribution in [0.15, 0.2) is 9.59 Å². The second-order valence-corrected chi connectivity index (χ2v) is 4.50. The minimum Gasteiger partial charge on any atom is -0.383 e. The number of nitrogens with two attached hydrogens (primary N) is 1. The number of aliphatic hydroxyl groups excluding tert-OH is 1. The minimum absolute atomic E-state index is 0.218. The van der Waals surface area contributed by atoms with Gasteiger partial charge >= 0.3 is 11.9 Å². The van der Waals surface area contributed by atoms with Gasteiger partial charge in [0.2, 0.25) is 0 Å². The zero-order valence-electron chi connectivity index (χ0n) is 11.6. The van der Waals surface area contributed by atoms with E-state index in [2.05, 4.69) is 5.32 Å². The first kappa shape index (κ1) is 17.1. The van der Waals surface area contributed by atoms with Gasteiger partial charge in [-0.2, -0.15) is 13.2 Å². The molecular formula is C11H17F3N4O3. The van der Waals surface area contributed by atoms with Gasteiger partial charge in [-0.05, 0) is 6.42 Å². The average Bonchev–Trinajstić information content (AvgIpc) is 2.40. The molecule has 0 saturated carbocycles. The van der Waals surface area contributed by atoms with E-state index in [1.165, 1.54) is 7.05 Å². The molecule has 0 amide bonds. The summed E-state index contributed by atoms with van der Waals surface area (Å²) in [4.78, 5) is 23.7. The summed E-state index contributed by atoms with van der Waals surface area (Å²) in [5.41, 5.74) is 3.82. The molecule has 120 valence electrons. The molecule has 0 aliphatic heterocycles. The highest BCUT2D eigenvalue weighted by Crippen LogP contribution is 2.20. The van der Waals surface area contributed by atoms with E-state index in [0.29, 0.717) is 6.42 Å². The summed E-state index contributed by atoms with van der Waals surface area (Å²) in [5, 5.41) is 11.1. The van der Waals surface area contributed by atoms with Gasteiger partial charge in [0.1, 0.15) is 11.5 Å². The van der Waals surface area contributed by atoms with Crippen LogP contribution in [0.2, 0.25) is 0 Å². The maximum atomic E-state index is 12.2. The number of nitrogen functional groups attached to an aromatic ring is 1. The van der Waals surface area contributed by atoms with Crippen molar-refractivity contribution < 1.29 is 18.3 Å². The van der Waals surface area contributed by atoms with Crippen molar-refractivity contribution in [3.63, 3.8) is 0 Å². The van der Waals surface area contributed by atoms with E-state index >= 15 is 0 Å². The molecule has 1 aromatic rings.